The number of benzene rings is 2. The molecule has 1 unspecified atom stereocenters. The largest absolute Gasteiger partial charge is 0.508 e. The van der Waals surface area contributed by atoms with Crippen LogP contribution >= 0.6 is 0 Å². The molecule has 0 aromatic heterocycles. The molecule has 0 spiro atoms. The lowest BCUT2D eigenvalue weighted by Gasteiger charge is -2.11. The topological polar surface area (TPSA) is 40.5 Å². The van der Waals surface area contributed by atoms with E-state index in [-0.39, 0.29) is 0 Å². The van der Waals surface area contributed by atoms with E-state index in [0.717, 1.165) is 19.3 Å². The van der Waals surface area contributed by atoms with Crippen molar-refractivity contribution in [1.29, 1.82) is 0 Å². The first kappa shape index (κ1) is 13.5. The molecule has 0 fully saturated rings. The molecular formula is C17H20O2. The second-order valence-corrected chi connectivity index (χ2v) is 5.18. The van der Waals surface area contributed by atoms with Gasteiger partial charge in [-0.3, -0.25) is 0 Å². The lowest BCUT2D eigenvalue weighted by molar-refractivity contribution is 0.473. The van der Waals surface area contributed by atoms with Gasteiger partial charge in [0.05, 0.1) is 0 Å². The summed E-state index contributed by atoms with van der Waals surface area (Å²) in [7, 11) is 0. The van der Waals surface area contributed by atoms with Crippen molar-refractivity contribution in [2.24, 2.45) is 5.92 Å². The first-order valence-electron chi connectivity index (χ1n) is 6.69. The third kappa shape index (κ3) is 4.32. The summed E-state index contributed by atoms with van der Waals surface area (Å²) in [5.74, 6) is 1.24. The molecule has 0 amide bonds. The van der Waals surface area contributed by atoms with Gasteiger partial charge in [0.2, 0.25) is 0 Å². The first-order chi connectivity index (χ1) is 9.13. The van der Waals surface area contributed by atoms with Gasteiger partial charge < -0.3 is 10.2 Å². The van der Waals surface area contributed by atoms with Crippen LogP contribution in [0, 0.1) is 5.92 Å². The van der Waals surface area contributed by atoms with Crippen molar-refractivity contribution in [3.63, 3.8) is 0 Å². The predicted molar refractivity (Wildman–Crippen MR) is 77.4 cm³/mol. The maximum Gasteiger partial charge on any atom is 0.115 e. The Hall–Kier alpha value is -1.96. The van der Waals surface area contributed by atoms with E-state index in [4.69, 9.17) is 0 Å². The molecule has 100 valence electrons. The average molecular weight is 256 g/mol. The van der Waals surface area contributed by atoms with Crippen molar-refractivity contribution in [3.8, 4) is 11.5 Å². The minimum Gasteiger partial charge on any atom is -0.508 e. The van der Waals surface area contributed by atoms with Crippen LogP contribution in [-0.2, 0) is 12.8 Å². The summed E-state index contributed by atoms with van der Waals surface area (Å²) < 4.78 is 0. The maximum absolute atomic E-state index is 9.24. The van der Waals surface area contributed by atoms with E-state index >= 15 is 0 Å². The van der Waals surface area contributed by atoms with Crippen molar-refractivity contribution in [3.05, 3.63) is 59.7 Å². The SMILES string of the molecule is CC(CCc1ccc(O)cc1)Cc1ccc(O)cc1. The summed E-state index contributed by atoms with van der Waals surface area (Å²) in [6.45, 7) is 2.24. The van der Waals surface area contributed by atoms with Gasteiger partial charge in [-0.1, -0.05) is 31.2 Å². The van der Waals surface area contributed by atoms with Crippen LogP contribution in [-0.4, -0.2) is 10.2 Å². The quantitative estimate of drug-likeness (QED) is 0.851. The second kappa shape index (κ2) is 6.28. The molecule has 0 aliphatic heterocycles. The molecule has 2 heteroatoms. The van der Waals surface area contributed by atoms with Crippen molar-refractivity contribution >= 4 is 0 Å². The van der Waals surface area contributed by atoms with Crippen molar-refractivity contribution < 1.29 is 10.2 Å². The smallest absolute Gasteiger partial charge is 0.115 e. The zero-order valence-electron chi connectivity index (χ0n) is 11.2. The van der Waals surface area contributed by atoms with Gasteiger partial charge in [-0.05, 0) is 60.6 Å². The van der Waals surface area contributed by atoms with Gasteiger partial charge in [-0.25, -0.2) is 0 Å². The van der Waals surface area contributed by atoms with Gasteiger partial charge >= 0.3 is 0 Å². The normalized spacial score (nSPS) is 12.3. The van der Waals surface area contributed by atoms with E-state index in [1.54, 1.807) is 24.3 Å². The number of phenols is 2. The lowest BCUT2D eigenvalue weighted by Crippen LogP contribution is -2.01. The zero-order valence-corrected chi connectivity index (χ0v) is 11.2. The molecule has 0 radical (unpaired) electrons. The van der Waals surface area contributed by atoms with Gasteiger partial charge in [0.1, 0.15) is 11.5 Å². The molecule has 0 aliphatic rings. The van der Waals surface area contributed by atoms with E-state index in [2.05, 4.69) is 6.92 Å². The fourth-order valence-corrected chi connectivity index (χ4v) is 2.21. The third-order valence-corrected chi connectivity index (χ3v) is 3.38. The number of aromatic hydroxyl groups is 2. The maximum atomic E-state index is 9.24. The lowest BCUT2D eigenvalue weighted by atomic mass is 9.94. The van der Waals surface area contributed by atoms with E-state index in [1.165, 1.54) is 11.1 Å². The number of hydrogen-bond acceptors (Lipinski definition) is 2. The Labute approximate surface area is 114 Å². The van der Waals surface area contributed by atoms with Crippen LogP contribution in [0.4, 0.5) is 0 Å². The number of aryl methyl sites for hydroxylation is 1. The molecule has 0 aliphatic carbocycles. The Morgan fingerprint density at radius 3 is 1.79 bits per heavy atom. The Morgan fingerprint density at radius 2 is 1.26 bits per heavy atom. The second-order valence-electron chi connectivity index (χ2n) is 5.18. The highest BCUT2D eigenvalue weighted by atomic mass is 16.3. The molecule has 0 saturated carbocycles. The molecule has 0 heterocycles. The van der Waals surface area contributed by atoms with Crippen LogP contribution in [0.15, 0.2) is 48.5 Å². The highest BCUT2D eigenvalue weighted by molar-refractivity contribution is 5.27. The van der Waals surface area contributed by atoms with Gasteiger partial charge in [-0.15, -0.1) is 0 Å². The molecule has 2 nitrogen and oxygen atoms in total. The van der Waals surface area contributed by atoms with E-state index < -0.39 is 0 Å². The van der Waals surface area contributed by atoms with E-state index in [9.17, 15) is 10.2 Å². The summed E-state index contributed by atoms with van der Waals surface area (Å²) in [5.41, 5.74) is 2.52. The summed E-state index contributed by atoms with van der Waals surface area (Å²) in [6, 6.07) is 14.9. The predicted octanol–water partition coefficient (Wildman–Crippen LogP) is 3.91. The fraction of sp³-hybridized carbons (Fsp3) is 0.294. The number of phenolic OH excluding ortho intramolecular Hbond substituents is 2. The van der Waals surface area contributed by atoms with Crippen molar-refractivity contribution in [1.82, 2.24) is 0 Å². The Bertz CT molecular complexity index is 500. The minimum absolute atomic E-state index is 0.320. The minimum atomic E-state index is 0.320. The van der Waals surface area contributed by atoms with Crippen molar-refractivity contribution in [2.45, 2.75) is 26.2 Å². The highest BCUT2D eigenvalue weighted by Gasteiger charge is 2.05. The summed E-state index contributed by atoms with van der Waals surface area (Å²) in [5, 5.41) is 18.5. The summed E-state index contributed by atoms with van der Waals surface area (Å²) >= 11 is 0. The van der Waals surface area contributed by atoms with Crippen LogP contribution in [0.5, 0.6) is 11.5 Å². The zero-order chi connectivity index (χ0) is 13.7. The molecular weight excluding hydrogens is 236 g/mol. The molecule has 0 bridgehead atoms. The van der Waals surface area contributed by atoms with Crippen LogP contribution in [0.2, 0.25) is 0 Å². The van der Waals surface area contributed by atoms with Gasteiger partial charge in [0, 0.05) is 0 Å². The van der Waals surface area contributed by atoms with E-state index in [1.807, 2.05) is 24.3 Å². The van der Waals surface area contributed by atoms with Crippen LogP contribution in [0.1, 0.15) is 24.5 Å². The molecule has 1 atom stereocenters. The third-order valence-electron chi connectivity index (χ3n) is 3.38. The molecule has 2 aromatic carbocycles. The standard InChI is InChI=1S/C17H20O2/c1-13(12-15-6-10-17(19)11-7-15)2-3-14-4-8-16(18)9-5-14/h4-11,13,18-19H,2-3,12H2,1H3. The Kier molecular flexibility index (Phi) is 4.45. The highest BCUT2D eigenvalue weighted by Crippen LogP contribution is 2.18. The average Bonchev–Trinajstić information content (AvgIpc) is 2.41. The monoisotopic (exact) mass is 256 g/mol. The molecule has 2 aromatic rings. The molecule has 2 rings (SSSR count). The fourth-order valence-electron chi connectivity index (χ4n) is 2.21. The van der Waals surface area contributed by atoms with Gasteiger partial charge in [0.15, 0.2) is 0 Å². The van der Waals surface area contributed by atoms with E-state index in [0.29, 0.717) is 17.4 Å². The van der Waals surface area contributed by atoms with Gasteiger partial charge in [0.25, 0.3) is 0 Å². The summed E-state index contributed by atoms with van der Waals surface area (Å²) in [4.78, 5) is 0. The molecule has 2 N–H and O–H groups in total. The Balaban J connectivity index is 1.82. The van der Waals surface area contributed by atoms with Crippen molar-refractivity contribution in [2.75, 3.05) is 0 Å². The van der Waals surface area contributed by atoms with Gasteiger partial charge in [-0.2, -0.15) is 0 Å². The number of hydrogen-bond donors (Lipinski definition) is 2. The Morgan fingerprint density at radius 1 is 0.789 bits per heavy atom. The number of rotatable bonds is 5. The van der Waals surface area contributed by atoms with Crippen LogP contribution in [0.3, 0.4) is 0 Å². The molecule has 0 saturated heterocycles. The first-order valence-corrected chi connectivity index (χ1v) is 6.69. The van der Waals surface area contributed by atoms with Crippen LogP contribution < -0.4 is 0 Å². The summed E-state index contributed by atoms with van der Waals surface area (Å²) in [6.07, 6.45) is 3.17. The molecule has 19 heavy (non-hydrogen) atoms. The van der Waals surface area contributed by atoms with Crippen LogP contribution in [0.25, 0.3) is 0 Å².